The lowest BCUT2D eigenvalue weighted by molar-refractivity contribution is -0.384. The van der Waals surface area contributed by atoms with E-state index in [0.29, 0.717) is 34.0 Å². The molecule has 0 spiro atoms. The van der Waals surface area contributed by atoms with Crippen molar-refractivity contribution >= 4 is 46.3 Å². The molecular formula is C31H23ClN4O6. The van der Waals surface area contributed by atoms with Crippen LogP contribution in [0.3, 0.4) is 0 Å². The van der Waals surface area contributed by atoms with Gasteiger partial charge in [0.25, 0.3) is 11.6 Å². The number of fused-ring (bicyclic) bond motifs is 1. The van der Waals surface area contributed by atoms with E-state index in [1.54, 1.807) is 25.1 Å². The molecule has 0 bridgehead atoms. The molecule has 1 aromatic heterocycles. The first-order valence-corrected chi connectivity index (χ1v) is 13.2. The zero-order chi connectivity index (χ0) is 29.6. The summed E-state index contributed by atoms with van der Waals surface area (Å²) in [5.74, 6) is -0.730. The number of aromatic nitrogens is 1. The van der Waals surface area contributed by atoms with Crippen LogP contribution in [0, 0.1) is 10.1 Å². The van der Waals surface area contributed by atoms with Crippen molar-refractivity contribution < 1.29 is 24.0 Å². The maximum atomic E-state index is 13.2. The minimum atomic E-state index is -0.702. The number of nitro groups is 1. The van der Waals surface area contributed by atoms with Gasteiger partial charge in [0.05, 0.1) is 23.3 Å². The van der Waals surface area contributed by atoms with Gasteiger partial charge in [-0.3, -0.25) is 14.9 Å². The molecule has 42 heavy (non-hydrogen) atoms. The molecule has 5 rings (SSSR count). The fourth-order valence-electron chi connectivity index (χ4n) is 4.31. The predicted molar refractivity (Wildman–Crippen MR) is 159 cm³/mol. The van der Waals surface area contributed by atoms with Crippen LogP contribution in [-0.2, 0) is 0 Å². The summed E-state index contributed by atoms with van der Waals surface area (Å²) < 4.78 is 11.1. The molecule has 210 valence electrons. The van der Waals surface area contributed by atoms with E-state index in [1.807, 2.05) is 42.5 Å². The van der Waals surface area contributed by atoms with Gasteiger partial charge in [0.2, 0.25) is 0 Å². The fraction of sp³-hybridized carbons (Fsp3) is 0.0645. The summed E-state index contributed by atoms with van der Waals surface area (Å²) in [5.41, 5.74) is 5.60. The van der Waals surface area contributed by atoms with Crippen molar-refractivity contribution in [3.8, 4) is 22.6 Å². The fourth-order valence-corrected chi connectivity index (χ4v) is 4.54. The molecular weight excluding hydrogens is 560 g/mol. The van der Waals surface area contributed by atoms with Crippen molar-refractivity contribution in [1.82, 2.24) is 10.4 Å². The third kappa shape index (κ3) is 5.98. The Kier molecular flexibility index (Phi) is 8.26. The number of esters is 1. The number of H-pyrrole nitrogens is 1. The van der Waals surface area contributed by atoms with Crippen LogP contribution in [0.2, 0.25) is 5.02 Å². The van der Waals surface area contributed by atoms with Gasteiger partial charge >= 0.3 is 5.97 Å². The number of carbonyl (C=O) groups is 2. The van der Waals surface area contributed by atoms with Gasteiger partial charge in [-0.2, -0.15) is 5.10 Å². The van der Waals surface area contributed by atoms with Crippen molar-refractivity contribution in [2.24, 2.45) is 5.10 Å². The third-order valence-electron chi connectivity index (χ3n) is 6.24. The van der Waals surface area contributed by atoms with E-state index in [9.17, 15) is 19.7 Å². The molecule has 1 heterocycles. The van der Waals surface area contributed by atoms with E-state index >= 15 is 0 Å². The van der Waals surface area contributed by atoms with E-state index in [2.05, 4.69) is 15.5 Å². The van der Waals surface area contributed by atoms with Crippen molar-refractivity contribution in [3.63, 3.8) is 0 Å². The second kappa shape index (κ2) is 12.4. The molecule has 0 aliphatic carbocycles. The first-order chi connectivity index (χ1) is 20.4. The number of rotatable bonds is 9. The lowest BCUT2D eigenvalue weighted by Gasteiger charge is -2.11. The van der Waals surface area contributed by atoms with Gasteiger partial charge in [-0.25, -0.2) is 10.2 Å². The number of halogens is 1. The number of hydrogen-bond donors (Lipinski definition) is 2. The molecule has 0 atom stereocenters. The number of hydrazone groups is 1. The van der Waals surface area contributed by atoms with Gasteiger partial charge in [0, 0.05) is 39.2 Å². The summed E-state index contributed by atoms with van der Waals surface area (Å²) in [6.07, 6.45) is 1.43. The summed E-state index contributed by atoms with van der Waals surface area (Å²) in [6.45, 7) is 2.07. The van der Waals surface area contributed by atoms with Crippen LogP contribution in [0.5, 0.6) is 11.5 Å². The Morgan fingerprint density at radius 1 is 1.00 bits per heavy atom. The van der Waals surface area contributed by atoms with Crippen LogP contribution in [0.1, 0.15) is 33.3 Å². The number of aromatic amines is 1. The molecule has 0 unspecified atom stereocenters. The van der Waals surface area contributed by atoms with Crippen LogP contribution in [0.4, 0.5) is 5.69 Å². The number of amides is 1. The summed E-state index contributed by atoms with van der Waals surface area (Å²) in [6, 6.07) is 24.7. The normalized spacial score (nSPS) is 11.0. The highest BCUT2D eigenvalue weighted by Gasteiger charge is 2.20. The van der Waals surface area contributed by atoms with Crippen molar-refractivity contribution in [2.45, 2.75) is 6.92 Å². The lowest BCUT2D eigenvalue weighted by Crippen LogP contribution is -2.19. The number of non-ortho nitro benzene ring substituents is 1. The smallest absolute Gasteiger partial charge is 0.343 e. The van der Waals surface area contributed by atoms with E-state index in [0.717, 1.165) is 10.9 Å². The lowest BCUT2D eigenvalue weighted by atomic mass is 10.0. The van der Waals surface area contributed by atoms with Gasteiger partial charge in [0.15, 0.2) is 11.5 Å². The highest BCUT2D eigenvalue weighted by molar-refractivity contribution is 6.34. The minimum Gasteiger partial charge on any atom is -0.490 e. The molecule has 0 aliphatic heterocycles. The second-order valence-corrected chi connectivity index (χ2v) is 9.34. The van der Waals surface area contributed by atoms with Gasteiger partial charge in [-0.1, -0.05) is 48.0 Å². The summed E-state index contributed by atoms with van der Waals surface area (Å²) in [7, 11) is 0. The van der Waals surface area contributed by atoms with Gasteiger partial charge in [0.1, 0.15) is 5.69 Å². The Bertz CT molecular complexity index is 1830. The number of nitrogens with zero attached hydrogens (tertiary/aromatic N) is 2. The monoisotopic (exact) mass is 582 g/mol. The van der Waals surface area contributed by atoms with Crippen LogP contribution < -0.4 is 14.9 Å². The molecule has 11 heteroatoms. The van der Waals surface area contributed by atoms with Gasteiger partial charge in [-0.05, 0) is 55.0 Å². The Morgan fingerprint density at radius 2 is 1.74 bits per heavy atom. The number of para-hydroxylation sites is 1. The number of nitrogens with one attached hydrogen (secondary N) is 2. The number of nitro benzene ring substituents is 1. The highest BCUT2D eigenvalue weighted by atomic mass is 35.5. The number of ether oxygens (including phenoxy) is 2. The molecule has 1 amide bonds. The number of benzene rings is 4. The maximum Gasteiger partial charge on any atom is 0.343 e. The van der Waals surface area contributed by atoms with Crippen LogP contribution >= 0.6 is 11.6 Å². The Morgan fingerprint density at radius 3 is 2.48 bits per heavy atom. The summed E-state index contributed by atoms with van der Waals surface area (Å²) in [5, 5.41) is 16.3. The van der Waals surface area contributed by atoms with Crippen LogP contribution in [0.15, 0.2) is 96.1 Å². The Balaban J connectivity index is 1.34. The first-order valence-electron chi connectivity index (χ1n) is 12.8. The topological polar surface area (TPSA) is 136 Å². The molecule has 0 saturated heterocycles. The largest absolute Gasteiger partial charge is 0.490 e. The summed E-state index contributed by atoms with van der Waals surface area (Å²) >= 11 is 6.47. The number of hydrogen-bond acceptors (Lipinski definition) is 7. The van der Waals surface area contributed by atoms with Gasteiger partial charge < -0.3 is 14.5 Å². The molecule has 2 N–H and O–H groups in total. The number of carbonyl (C=O) groups excluding carboxylic acids is 2. The molecule has 0 radical (unpaired) electrons. The standard InChI is InChI=1S/C31H23ClN4O6/c1-2-41-27-17-19(11-16-26(27)42-31(38)20-12-14-21(15-13-20)36(39)40)18-33-35-30(37)29-28(22-7-3-5-9-24(22)32)23-8-4-6-10-25(23)34-29/h3-18,34H,2H2,1H3,(H,35,37). The molecule has 4 aromatic carbocycles. The van der Waals surface area contributed by atoms with Crippen LogP contribution in [-0.4, -0.2) is 34.6 Å². The minimum absolute atomic E-state index is 0.137. The zero-order valence-electron chi connectivity index (χ0n) is 22.2. The third-order valence-corrected chi connectivity index (χ3v) is 6.57. The molecule has 0 fully saturated rings. The Labute approximate surface area is 244 Å². The highest BCUT2D eigenvalue weighted by Crippen LogP contribution is 2.36. The van der Waals surface area contributed by atoms with Crippen molar-refractivity contribution in [2.75, 3.05) is 6.61 Å². The summed E-state index contributed by atoms with van der Waals surface area (Å²) in [4.78, 5) is 39.3. The van der Waals surface area contributed by atoms with E-state index < -0.39 is 16.8 Å². The first kappa shape index (κ1) is 28.1. The zero-order valence-corrected chi connectivity index (χ0v) is 22.9. The maximum absolute atomic E-state index is 13.2. The van der Waals surface area contributed by atoms with Crippen LogP contribution in [0.25, 0.3) is 22.0 Å². The SMILES string of the molecule is CCOc1cc(C=NNC(=O)c2[nH]c3ccccc3c2-c2ccccc2Cl)ccc1OC(=O)c1ccc([N+](=O)[O-])cc1. The molecule has 0 aliphatic rings. The molecule has 10 nitrogen and oxygen atoms in total. The predicted octanol–water partition coefficient (Wildman–Crippen LogP) is 6.78. The van der Waals surface area contributed by atoms with E-state index in [1.165, 1.54) is 36.5 Å². The average Bonchev–Trinajstić information content (AvgIpc) is 3.38. The average molecular weight is 583 g/mol. The quantitative estimate of drug-likeness (QED) is 0.0646. The second-order valence-electron chi connectivity index (χ2n) is 8.93. The van der Waals surface area contributed by atoms with E-state index in [4.69, 9.17) is 21.1 Å². The van der Waals surface area contributed by atoms with E-state index in [-0.39, 0.29) is 22.7 Å². The molecule has 5 aromatic rings. The molecule has 0 saturated carbocycles. The Hall–Kier alpha value is -5.48. The van der Waals surface area contributed by atoms with Gasteiger partial charge in [-0.15, -0.1) is 0 Å². The van der Waals surface area contributed by atoms with Crippen molar-refractivity contribution in [3.05, 3.63) is 123 Å². The van der Waals surface area contributed by atoms with Crippen molar-refractivity contribution in [1.29, 1.82) is 0 Å².